The van der Waals surface area contributed by atoms with Gasteiger partial charge in [-0.15, -0.1) is 0 Å². The molecule has 2 aliphatic heterocycles. The Morgan fingerprint density at radius 3 is 2.52 bits per heavy atom. The molecule has 0 radical (unpaired) electrons. The SMILES string of the molecule is O=S1(=O)CCC(N2CCN(Cn3nc(-c4cccnc4)n(C4CC4)c3=S)CC2)C1. The lowest BCUT2D eigenvalue weighted by molar-refractivity contribution is 0.0808. The van der Waals surface area contributed by atoms with Gasteiger partial charge in [0.05, 0.1) is 18.2 Å². The molecule has 5 rings (SSSR count). The molecule has 10 heteroatoms. The van der Waals surface area contributed by atoms with Crippen LogP contribution in [-0.2, 0) is 16.5 Å². The monoisotopic (exact) mass is 434 g/mol. The minimum atomic E-state index is -2.83. The Balaban J connectivity index is 1.29. The first-order valence-corrected chi connectivity index (χ1v) is 12.5. The van der Waals surface area contributed by atoms with Crippen molar-refractivity contribution in [3.8, 4) is 11.4 Å². The Kier molecular flexibility index (Phi) is 5.05. The van der Waals surface area contributed by atoms with Crippen LogP contribution in [0.1, 0.15) is 25.3 Å². The average Bonchev–Trinajstić information content (AvgIpc) is 3.42. The molecule has 8 nitrogen and oxygen atoms in total. The van der Waals surface area contributed by atoms with Gasteiger partial charge < -0.3 is 0 Å². The van der Waals surface area contributed by atoms with Crippen LogP contribution in [0.5, 0.6) is 0 Å². The molecule has 2 saturated heterocycles. The van der Waals surface area contributed by atoms with E-state index in [2.05, 4.69) is 19.4 Å². The van der Waals surface area contributed by atoms with Crippen molar-refractivity contribution in [2.24, 2.45) is 0 Å². The second-order valence-electron chi connectivity index (χ2n) is 8.30. The molecule has 3 aliphatic rings. The number of hydrogen-bond acceptors (Lipinski definition) is 7. The van der Waals surface area contributed by atoms with Crippen molar-refractivity contribution < 1.29 is 8.42 Å². The molecule has 156 valence electrons. The zero-order chi connectivity index (χ0) is 20.0. The van der Waals surface area contributed by atoms with Crippen molar-refractivity contribution >= 4 is 22.1 Å². The Morgan fingerprint density at radius 1 is 1.10 bits per heavy atom. The molecule has 0 bridgehead atoms. The summed E-state index contributed by atoms with van der Waals surface area (Å²) >= 11 is 5.77. The second kappa shape index (κ2) is 7.57. The first-order valence-electron chi connectivity index (χ1n) is 10.3. The van der Waals surface area contributed by atoms with Crippen LogP contribution in [0.3, 0.4) is 0 Å². The highest BCUT2D eigenvalue weighted by Crippen LogP contribution is 2.38. The molecule has 0 spiro atoms. The average molecular weight is 435 g/mol. The minimum Gasteiger partial charge on any atom is -0.297 e. The lowest BCUT2D eigenvalue weighted by atomic mass is 10.2. The summed E-state index contributed by atoms with van der Waals surface area (Å²) in [6.07, 6.45) is 6.68. The summed E-state index contributed by atoms with van der Waals surface area (Å²) in [6, 6.07) is 4.60. The molecule has 0 N–H and O–H groups in total. The second-order valence-corrected chi connectivity index (χ2v) is 10.9. The van der Waals surface area contributed by atoms with Crippen LogP contribution in [0.15, 0.2) is 24.5 Å². The van der Waals surface area contributed by atoms with Gasteiger partial charge in [-0.3, -0.25) is 19.4 Å². The molecule has 2 aromatic rings. The largest absolute Gasteiger partial charge is 0.297 e. The van der Waals surface area contributed by atoms with Crippen LogP contribution in [0.4, 0.5) is 0 Å². The summed E-state index contributed by atoms with van der Waals surface area (Å²) in [5.41, 5.74) is 0.997. The predicted molar refractivity (Wildman–Crippen MR) is 113 cm³/mol. The van der Waals surface area contributed by atoms with Crippen LogP contribution in [0, 0.1) is 4.77 Å². The van der Waals surface area contributed by atoms with Gasteiger partial charge in [0, 0.05) is 56.2 Å². The smallest absolute Gasteiger partial charge is 0.199 e. The normalized spacial score (nSPS) is 25.4. The third-order valence-corrected chi connectivity index (χ3v) is 8.33. The number of rotatable bonds is 5. The first-order chi connectivity index (χ1) is 14.0. The summed E-state index contributed by atoms with van der Waals surface area (Å²) in [7, 11) is -2.83. The minimum absolute atomic E-state index is 0.190. The van der Waals surface area contributed by atoms with Gasteiger partial charge >= 0.3 is 0 Å². The molecule has 1 unspecified atom stereocenters. The summed E-state index contributed by atoms with van der Waals surface area (Å²) in [6.45, 7) is 4.26. The van der Waals surface area contributed by atoms with E-state index in [-0.39, 0.29) is 6.04 Å². The van der Waals surface area contributed by atoms with E-state index in [9.17, 15) is 8.42 Å². The third kappa shape index (κ3) is 4.03. The van der Waals surface area contributed by atoms with E-state index < -0.39 is 9.84 Å². The van der Waals surface area contributed by atoms with Crippen LogP contribution >= 0.6 is 12.2 Å². The number of sulfone groups is 1. The maximum atomic E-state index is 11.8. The molecule has 1 saturated carbocycles. The van der Waals surface area contributed by atoms with Gasteiger partial charge in [-0.25, -0.2) is 13.1 Å². The lowest BCUT2D eigenvalue weighted by Crippen LogP contribution is -2.51. The maximum absolute atomic E-state index is 11.8. The highest BCUT2D eigenvalue weighted by molar-refractivity contribution is 7.91. The summed E-state index contributed by atoms with van der Waals surface area (Å²) in [5.74, 6) is 1.56. The van der Waals surface area contributed by atoms with E-state index in [0.29, 0.717) is 24.2 Å². The fraction of sp³-hybridized carbons (Fsp3) is 0.632. The van der Waals surface area contributed by atoms with E-state index in [0.717, 1.165) is 61.6 Å². The molecule has 1 atom stereocenters. The van der Waals surface area contributed by atoms with E-state index in [1.54, 1.807) is 6.20 Å². The summed E-state index contributed by atoms with van der Waals surface area (Å²) < 4.78 is 28.4. The molecule has 29 heavy (non-hydrogen) atoms. The zero-order valence-corrected chi connectivity index (χ0v) is 18.0. The standard InChI is InChI=1S/C19H26N6O2S2/c26-29(27)11-5-17(13-29)23-9-7-22(8-10-23)14-24-19(28)25(16-3-4-16)18(21-24)15-2-1-6-20-12-15/h1-2,6,12,16-17H,3-5,7-11,13-14H2. The first kappa shape index (κ1) is 19.3. The van der Waals surface area contributed by atoms with Crippen LogP contribution in [-0.4, -0.2) is 81.3 Å². The third-order valence-electron chi connectivity index (χ3n) is 6.17. The van der Waals surface area contributed by atoms with Gasteiger partial charge in [0.2, 0.25) is 0 Å². The van der Waals surface area contributed by atoms with Gasteiger partial charge in [0.25, 0.3) is 0 Å². The van der Waals surface area contributed by atoms with Crippen molar-refractivity contribution in [1.29, 1.82) is 0 Å². The number of aromatic nitrogens is 4. The fourth-order valence-electron chi connectivity index (χ4n) is 4.39. The van der Waals surface area contributed by atoms with E-state index in [4.69, 9.17) is 17.3 Å². The van der Waals surface area contributed by atoms with E-state index in [1.807, 2.05) is 23.0 Å². The number of pyridine rings is 1. The van der Waals surface area contributed by atoms with Gasteiger partial charge in [-0.1, -0.05) is 0 Å². The zero-order valence-electron chi connectivity index (χ0n) is 16.4. The Bertz CT molecular complexity index is 1040. The van der Waals surface area contributed by atoms with Gasteiger partial charge in [-0.2, -0.15) is 5.10 Å². The van der Waals surface area contributed by atoms with E-state index in [1.165, 1.54) is 0 Å². The summed E-state index contributed by atoms with van der Waals surface area (Å²) in [5, 5.41) is 4.85. The Morgan fingerprint density at radius 2 is 1.90 bits per heavy atom. The topological polar surface area (TPSA) is 76.3 Å². The van der Waals surface area contributed by atoms with Gasteiger partial charge in [-0.05, 0) is 43.6 Å². The molecule has 0 aromatic carbocycles. The maximum Gasteiger partial charge on any atom is 0.199 e. The summed E-state index contributed by atoms with van der Waals surface area (Å²) in [4.78, 5) is 8.93. The Hall–Kier alpha value is -1.62. The molecule has 0 amide bonds. The van der Waals surface area contributed by atoms with Crippen LogP contribution < -0.4 is 0 Å². The molecule has 3 fully saturated rings. The van der Waals surface area contributed by atoms with Crippen molar-refractivity contribution in [3.05, 3.63) is 29.3 Å². The van der Waals surface area contributed by atoms with Crippen molar-refractivity contribution in [2.45, 2.75) is 38.0 Å². The highest BCUT2D eigenvalue weighted by atomic mass is 32.2. The van der Waals surface area contributed by atoms with Gasteiger partial charge in [0.15, 0.2) is 20.4 Å². The Labute approximate surface area is 176 Å². The number of piperazine rings is 1. The molecular formula is C19H26N6O2S2. The highest BCUT2D eigenvalue weighted by Gasteiger charge is 2.34. The molecule has 1 aliphatic carbocycles. The molecule has 4 heterocycles. The van der Waals surface area contributed by atoms with Crippen LogP contribution in [0.2, 0.25) is 0 Å². The van der Waals surface area contributed by atoms with Gasteiger partial charge in [0.1, 0.15) is 0 Å². The fourth-order valence-corrected chi connectivity index (χ4v) is 6.48. The number of nitrogens with zero attached hydrogens (tertiary/aromatic N) is 6. The van der Waals surface area contributed by atoms with E-state index >= 15 is 0 Å². The quantitative estimate of drug-likeness (QED) is 0.661. The van der Waals surface area contributed by atoms with Crippen LogP contribution in [0.25, 0.3) is 11.4 Å². The van der Waals surface area contributed by atoms with Crippen molar-refractivity contribution in [1.82, 2.24) is 29.1 Å². The molecular weight excluding hydrogens is 408 g/mol. The van der Waals surface area contributed by atoms with Crippen molar-refractivity contribution in [2.75, 3.05) is 37.7 Å². The van der Waals surface area contributed by atoms with Crippen molar-refractivity contribution in [3.63, 3.8) is 0 Å². The molecule has 2 aromatic heterocycles. The number of hydrogen-bond donors (Lipinski definition) is 0. The lowest BCUT2D eigenvalue weighted by Gasteiger charge is -2.37. The predicted octanol–water partition coefficient (Wildman–Crippen LogP) is 1.57.